The number of rotatable bonds is 2. The molecule has 0 unspecified atom stereocenters. The highest BCUT2D eigenvalue weighted by Crippen LogP contribution is 2.37. The molecule has 1 N–H and O–H groups in total. The van der Waals surface area contributed by atoms with Gasteiger partial charge in [-0.3, -0.25) is 9.59 Å². The molecule has 1 aliphatic heterocycles. The van der Waals surface area contributed by atoms with E-state index in [1.807, 2.05) is 34.9 Å². The van der Waals surface area contributed by atoms with Crippen LogP contribution in [0.2, 0.25) is 5.02 Å². The zero-order chi connectivity index (χ0) is 16.2. The standard InChI is InChI=1S/C17H17ClN2O2S/c18-14-4-2-1-3-13(14)15-7-8-20(9-10-23-15)17(22)12-5-6-16(21)19-11-12/h1-6,11,15H,7-10H2,(H,19,21)/t15-/m1/s1. The molecular formula is C17H17ClN2O2S. The number of nitrogens with one attached hydrogen (secondary N) is 1. The molecule has 120 valence electrons. The lowest BCUT2D eigenvalue weighted by Gasteiger charge is -2.20. The molecule has 2 aromatic rings. The zero-order valence-corrected chi connectivity index (χ0v) is 14.1. The summed E-state index contributed by atoms with van der Waals surface area (Å²) in [5.41, 5.74) is 1.45. The largest absolute Gasteiger partial charge is 0.338 e. The number of nitrogens with zero attached hydrogens (tertiary/aromatic N) is 1. The van der Waals surface area contributed by atoms with E-state index in [1.165, 1.54) is 12.3 Å². The highest BCUT2D eigenvalue weighted by atomic mass is 35.5. The van der Waals surface area contributed by atoms with Gasteiger partial charge in [0.05, 0.1) is 5.56 Å². The molecular weight excluding hydrogens is 332 g/mol. The highest BCUT2D eigenvalue weighted by Gasteiger charge is 2.24. The maximum atomic E-state index is 12.5. The Hall–Kier alpha value is -1.72. The van der Waals surface area contributed by atoms with Crippen LogP contribution in [-0.4, -0.2) is 34.6 Å². The molecule has 1 aliphatic rings. The molecule has 4 nitrogen and oxygen atoms in total. The molecule has 0 saturated carbocycles. The lowest BCUT2D eigenvalue weighted by Crippen LogP contribution is -2.33. The van der Waals surface area contributed by atoms with Crippen molar-refractivity contribution >= 4 is 29.3 Å². The summed E-state index contributed by atoms with van der Waals surface area (Å²) < 4.78 is 0. The molecule has 0 spiro atoms. The smallest absolute Gasteiger partial charge is 0.255 e. The van der Waals surface area contributed by atoms with Gasteiger partial charge in [0.15, 0.2) is 0 Å². The van der Waals surface area contributed by atoms with Crippen molar-refractivity contribution in [2.24, 2.45) is 0 Å². The number of hydrogen-bond acceptors (Lipinski definition) is 3. The summed E-state index contributed by atoms with van der Waals surface area (Å²) >= 11 is 8.13. The van der Waals surface area contributed by atoms with Crippen molar-refractivity contribution in [3.8, 4) is 0 Å². The van der Waals surface area contributed by atoms with Crippen LogP contribution in [0.15, 0.2) is 47.4 Å². The average Bonchev–Trinajstić information content (AvgIpc) is 2.81. The second-order valence-corrected chi connectivity index (χ2v) is 7.12. The lowest BCUT2D eigenvalue weighted by atomic mass is 10.1. The Morgan fingerprint density at radius 3 is 2.78 bits per heavy atom. The Labute approximate surface area is 143 Å². The van der Waals surface area contributed by atoms with Gasteiger partial charge in [-0.1, -0.05) is 29.8 Å². The van der Waals surface area contributed by atoms with E-state index < -0.39 is 0 Å². The van der Waals surface area contributed by atoms with Crippen LogP contribution in [0.4, 0.5) is 0 Å². The Balaban J connectivity index is 1.71. The third-order valence-electron chi connectivity index (χ3n) is 3.91. The van der Waals surface area contributed by atoms with Crippen LogP contribution in [0.5, 0.6) is 0 Å². The van der Waals surface area contributed by atoms with Crippen molar-refractivity contribution < 1.29 is 4.79 Å². The SMILES string of the molecule is O=C(c1ccc(=O)[nH]c1)N1CCS[C@@H](c2ccccc2Cl)CC1. The van der Waals surface area contributed by atoms with Gasteiger partial charge < -0.3 is 9.88 Å². The number of hydrogen-bond donors (Lipinski definition) is 1. The predicted octanol–water partition coefficient (Wildman–Crippen LogP) is 3.35. The number of benzene rings is 1. The van der Waals surface area contributed by atoms with E-state index in [2.05, 4.69) is 11.1 Å². The summed E-state index contributed by atoms with van der Waals surface area (Å²) in [5.74, 6) is 0.826. The van der Waals surface area contributed by atoms with E-state index in [9.17, 15) is 9.59 Å². The van der Waals surface area contributed by atoms with Crippen LogP contribution in [0.3, 0.4) is 0 Å². The van der Waals surface area contributed by atoms with Gasteiger partial charge in [0, 0.05) is 41.4 Å². The van der Waals surface area contributed by atoms with Crippen LogP contribution in [-0.2, 0) is 0 Å². The second kappa shape index (κ2) is 7.23. The quantitative estimate of drug-likeness (QED) is 0.905. The van der Waals surface area contributed by atoms with Gasteiger partial charge in [-0.05, 0) is 24.1 Å². The van der Waals surface area contributed by atoms with Crippen molar-refractivity contribution in [1.29, 1.82) is 0 Å². The van der Waals surface area contributed by atoms with Crippen molar-refractivity contribution in [3.63, 3.8) is 0 Å². The summed E-state index contributed by atoms with van der Waals surface area (Å²) in [5, 5.41) is 1.09. The molecule has 23 heavy (non-hydrogen) atoms. The van der Waals surface area contributed by atoms with Crippen molar-refractivity contribution in [2.45, 2.75) is 11.7 Å². The molecule has 1 saturated heterocycles. The minimum absolute atomic E-state index is 0.0401. The predicted molar refractivity (Wildman–Crippen MR) is 94.2 cm³/mol. The minimum Gasteiger partial charge on any atom is -0.338 e. The Morgan fingerprint density at radius 2 is 2.04 bits per heavy atom. The Morgan fingerprint density at radius 1 is 1.22 bits per heavy atom. The summed E-state index contributed by atoms with van der Waals surface area (Å²) in [7, 11) is 0. The number of H-pyrrole nitrogens is 1. The molecule has 1 amide bonds. The molecule has 3 rings (SSSR count). The first kappa shape index (κ1) is 16.1. The summed E-state index contributed by atoms with van der Waals surface area (Å²) in [4.78, 5) is 28.1. The third-order valence-corrected chi connectivity index (χ3v) is 5.57. The van der Waals surface area contributed by atoms with E-state index in [-0.39, 0.29) is 11.5 Å². The second-order valence-electron chi connectivity index (χ2n) is 5.40. The molecule has 0 radical (unpaired) electrons. The van der Waals surface area contributed by atoms with Crippen molar-refractivity contribution in [2.75, 3.05) is 18.8 Å². The third kappa shape index (κ3) is 3.79. The number of amides is 1. The molecule has 1 aromatic carbocycles. The lowest BCUT2D eigenvalue weighted by molar-refractivity contribution is 0.0766. The first-order valence-electron chi connectivity index (χ1n) is 7.49. The molecule has 0 bridgehead atoms. The van der Waals surface area contributed by atoms with Gasteiger partial charge in [0.1, 0.15) is 0 Å². The fourth-order valence-corrected chi connectivity index (χ4v) is 4.28. The average molecular weight is 349 g/mol. The van der Waals surface area contributed by atoms with Crippen LogP contribution in [0.25, 0.3) is 0 Å². The van der Waals surface area contributed by atoms with Gasteiger partial charge in [0.25, 0.3) is 5.91 Å². The van der Waals surface area contributed by atoms with Gasteiger partial charge in [0.2, 0.25) is 5.56 Å². The van der Waals surface area contributed by atoms with Crippen LogP contribution < -0.4 is 5.56 Å². The molecule has 1 aromatic heterocycles. The first-order valence-corrected chi connectivity index (χ1v) is 8.92. The van der Waals surface area contributed by atoms with E-state index in [4.69, 9.17) is 11.6 Å². The van der Waals surface area contributed by atoms with Gasteiger partial charge in [-0.2, -0.15) is 11.8 Å². The number of aromatic amines is 1. The van der Waals surface area contributed by atoms with Crippen molar-refractivity contribution in [1.82, 2.24) is 9.88 Å². The molecule has 2 heterocycles. The van der Waals surface area contributed by atoms with Gasteiger partial charge >= 0.3 is 0 Å². The summed E-state index contributed by atoms with van der Waals surface area (Å²) in [6, 6.07) is 10.8. The van der Waals surface area contributed by atoms with E-state index >= 15 is 0 Å². The zero-order valence-electron chi connectivity index (χ0n) is 12.5. The summed E-state index contributed by atoms with van der Waals surface area (Å²) in [6.07, 6.45) is 2.34. The maximum Gasteiger partial charge on any atom is 0.255 e. The van der Waals surface area contributed by atoms with E-state index in [1.54, 1.807) is 6.07 Å². The topological polar surface area (TPSA) is 53.2 Å². The first-order chi connectivity index (χ1) is 11.1. The number of carbonyl (C=O) groups is 1. The minimum atomic E-state index is -0.202. The normalized spacial score (nSPS) is 18.5. The molecule has 1 fully saturated rings. The number of thioether (sulfide) groups is 1. The van der Waals surface area contributed by atoms with Gasteiger partial charge in [-0.25, -0.2) is 0 Å². The maximum absolute atomic E-state index is 12.5. The fourth-order valence-electron chi connectivity index (χ4n) is 2.68. The van der Waals surface area contributed by atoms with Crippen molar-refractivity contribution in [3.05, 3.63) is 69.1 Å². The number of aromatic nitrogens is 1. The summed E-state index contributed by atoms with van der Waals surface area (Å²) in [6.45, 7) is 1.38. The van der Waals surface area contributed by atoms with Crippen LogP contribution in [0, 0.1) is 0 Å². The monoisotopic (exact) mass is 348 g/mol. The number of carbonyl (C=O) groups excluding carboxylic acids is 1. The number of halogens is 1. The van der Waals surface area contributed by atoms with Crippen LogP contribution in [0.1, 0.15) is 27.6 Å². The molecule has 0 aliphatic carbocycles. The van der Waals surface area contributed by atoms with E-state index in [0.29, 0.717) is 23.9 Å². The number of pyridine rings is 1. The molecule has 6 heteroatoms. The Kier molecular flexibility index (Phi) is 5.08. The van der Waals surface area contributed by atoms with E-state index in [0.717, 1.165) is 22.8 Å². The molecule has 1 atom stereocenters. The Bertz CT molecular complexity index is 742. The van der Waals surface area contributed by atoms with Crippen LogP contribution >= 0.6 is 23.4 Å². The fraction of sp³-hybridized carbons (Fsp3) is 0.294. The highest BCUT2D eigenvalue weighted by molar-refractivity contribution is 7.99. The van der Waals surface area contributed by atoms with Gasteiger partial charge in [-0.15, -0.1) is 0 Å².